The average molecular weight is 454 g/mol. The molecule has 0 aliphatic carbocycles. The number of nitrogens with one attached hydrogen (secondary N) is 2. The van der Waals surface area contributed by atoms with Gasteiger partial charge in [0.25, 0.3) is 0 Å². The van der Waals surface area contributed by atoms with Crippen molar-refractivity contribution >= 4 is 49.1 Å². The fourth-order valence-corrected chi connectivity index (χ4v) is 4.73. The van der Waals surface area contributed by atoms with Gasteiger partial charge in [-0.1, -0.05) is 19.1 Å². The van der Waals surface area contributed by atoms with Crippen LogP contribution in [0.3, 0.4) is 0 Å². The third-order valence-corrected chi connectivity index (χ3v) is 6.55. The molecular formula is C18H20BrN3O4S. The highest BCUT2D eigenvalue weighted by molar-refractivity contribution is 9.10. The number of hydrogen-bond donors (Lipinski definition) is 2. The molecule has 2 rings (SSSR count). The number of likely N-dealkylation sites (N-methyl/N-ethyl adjacent to an activating group) is 1. The minimum atomic E-state index is -3.81. The lowest BCUT2D eigenvalue weighted by Crippen LogP contribution is -2.38. The first-order valence-electron chi connectivity index (χ1n) is 8.16. The first kappa shape index (κ1) is 21.1. The van der Waals surface area contributed by atoms with Crippen LogP contribution >= 0.6 is 15.9 Å². The first-order valence-corrected chi connectivity index (χ1v) is 10.4. The van der Waals surface area contributed by atoms with Crippen LogP contribution in [0.25, 0.3) is 0 Å². The third-order valence-electron chi connectivity index (χ3n) is 3.62. The van der Waals surface area contributed by atoms with Crippen LogP contribution in [-0.4, -0.2) is 37.6 Å². The molecule has 0 fully saturated rings. The smallest absolute Gasteiger partial charge is 0.244 e. The van der Waals surface area contributed by atoms with Gasteiger partial charge in [0.1, 0.15) is 0 Å². The fraction of sp³-hybridized carbons (Fsp3) is 0.222. The summed E-state index contributed by atoms with van der Waals surface area (Å²) in [6.07, 6.45) is 0. The SMILES string of the molecule is CCN(CC(=O)Nc1ccc(NC(C)=O)cc1)S(=O)(=O)c1ccccc1Br. The number of hydrogen-bond acceptors (Lipinski definition) is 4. The van der Waals surface area contributed by atoms with Gasteiger partial charge in [-0.3, -0.25) is 9.59 Å². The van der Waals surface area contributed by atoms with Crippen molar-refractivity contribution in [3.05, 3.63) is 53.0 Å². The predicted molar refractivity (Wildman–Crippen MR) is 108 cm³/mol. The molecule has 9 heteroatoms. The summed E-state index contributed by atoms with van der Waals surface area (Å²) in [6, 6.07) is 13.0. The molecule has 0 atom stereocenters. The van der Waals surface area contributed by atoms with Gasteiger partial charge in [-0.15, -0.1) is 0 Å². The predicted octanol–water partition coefficient (Wildman–Crippen LogP) is 3.06. The van der Waals surface area contributed by atoms with E-state index in [0.717, 1.165) is 4.31 Å². The quantitative estimate of drug-likeness (QED) is 0.673. The monoisotopic (exact) mass is 453 g/mol. The van der Waals surface area contributed by atoms with Crippen LogP contribution in [0.5, 0.6) is 0 Å². The average Bonchev–Trinajstić information content (AvgIpc) is 2.61. The molecule has 0 saturated carbocycles. The van der Waals surface area contributed by atoms with Crippen LogP contribution < -0.4 is 10.6 Å². The molecule has 0 bridgehead atoms. The van der Waals surface area contributed by atoms with Gasteiger partial charge in [-0.05, 0) is 52.3 Å². The molecule has 7 nitrogen and oxygen atoms in total. The van der Waals surface area contributed by atoms with E-state index in [1.807, 2.05) is 0 Å². The lowest BCUT2D eigenvalue weighted by molar-refractivity contribution is -0.116. The van der Waals surface area contributed by atoms with Crippen LogP contribution in [0.1, 0.15) is 13.8 Å². The first-order chi connectivity index (χ1) is 12.7. The van der Waals surface area contributed by atoms with Gasteiger partial charge in [0.15, 0.2) is 0 Å². The van der Waals surface area contributed by atoms with Crippen molar-refractivity contribution < 1.29 is 18.0 Å². The molecule has 0 saturated heterocycles. The molecule has 0 aromatic heterocycles. The topological polar surface area (TPSA) is 95.6 Å². The Hall–Kier alpha value is -2.23. The van der Waals surface area contributed by atoms with E-state index < -0.39 is 15.9 Å². The Morgan fingerprint density at radius 1 is 1.00 bits per heavy atom. The van der Waals surface area contributed by atoms with E-state index in [9.17, 15) is 18.0 Å². The maximum absolute atomic E-state index is 12.8. The van der Waals surface area contributed by atoms with E-state index in [2.05, 4.69) is 26.6 Å². The second-order valence-electron chi connectivity index (χ2n) is 5.67. The number of rotatable bonds is 7. The molecule has 2 N–H and O–H groups in total. The van der Waals surface area contributed by atoms with Crippen molar-refractivity contribution in [2.24, 2.45) is 0 Å². The van der Waals surface area contributed by atoms with Crippen molar-refractivity contribution in [1.82, 2.24) is 4.31 Å². The number of benzene rings is 2. The highest BCUT2D eigenvalue weighted by Gasteiger charge is 2.27. The molecule has 0 heterocycles. The maximum atomic E-state index is 12.8. The summed E-state index contributed by atoms with van der Waals surface area (Å²) < 4.78 is 27.1. The lowest BCUT2D eigenvalue weighted by atomic mass is 10.2. The molecule has 2 aromatic carbocycles. The van der Waals surface area contributed by atoms with Gasteiger partial charge >= 0.3 is 0 Å². The van der Waals surface area contributed by atoms with Crippen LogP contribution in [0.2, 0.25) is 0 Å². The summed E-state index contributed by atoms with van der Waals surface area (Å²) >= 11 is 3.24. The summed E-state index contributed by atoms with van der Waals surface area (Å²) in [6.45, 7) is 2.91. The summed E-state index contributed by atoms with van der Waals surface area (Å²) in [5, 5.41) is 5.28. The Labute approximate surface area is 166 Å². The molecular weight excluding hydrogens is 434 g/mol. The van der Waals surface area contributed by atoms with Crippen LogP contribution in [0, 0.1) is 0 Å². The molecule has 0 aliphatic heterocycles. The van der Waals surface area contributed by atoms with Crippen LogP contribution in [0.15, 0.2) is 57.9 Å². The van der Waals surface area contributed by atoms with E-state index in [1.165, 1.54) is 13.0 Å². The zero-order chi connectivity index (χ0) is 20.0. The Morgan fingerprint density at radius 2 is 1.56 bits per heavy atom. The van der Waals surface area contributed by atoms with Gasteiger partial charge < -0.3 is 10.6 Å². The second-order valence-corrected chi connectivity index (χ2v) is 8.43. The van der Waals surface area contributed by atoms with Gasteiger partial charge in [-0.2, -0.15) is 4.31 Å². The van der Waals surface area contributed by atoms with E-state index in [0.29, 0.717) is 15.8 Å². The molecule has 0 spiro atoms. The molecule has 0 radical (unpaired) electrons. The lowest BCUT2D eigenvalue weighted by Gasteiger charge is -2.20. The van der Waals surface area contributed by atoms with Gasteiger partial charge in [0.2, 0.25) is 21.8 Å². The van der Waals surface area contributed by atoms with Crippen LogP contribution in [-0.2, 0) is 19.6 Å². The summed E-state index contributed by atoms with van der Waals surface area (Å²) in [4.78, 5) is 23.4. The van der Waals surface area contributed by atoms with E-state index in [4.69, 9.17) is 0 Å². The summed E-state index contributed by atoms with van der Waals surface area (Å²) in [7, 11) is -3.81. The van der Waals surface area contributed by atoms with Crippen molar-refractivity contribution in [3.63, 3.8) is 0 Å². The van der Waals surface area contributed by atoms with E-state index in [-0.39, 0.29) is 23.9 Å². The number of amides is 2. The highest BCUT2D eigenvalue weighted by Crippen LogP contribution is 2.24. The second kappa shape index (κ2) is 9.12. The minimum absolute atomic E-state index is 0.110. The molecule has 27 heavy (non-hydrogen) atoms. The molecule has 144 valence electrons. The van der Waals surface area contributed by atoms with Crippen molar-refractivity contribution in [3.8, 4) is 0 Å². The minimum Gasteiger partial charge on any atom is -0.326 e. The standard InChI is InChI=1S/C18H20BrN3O4S/c1-3-22(27(25,26)17-7-5-4-6-16(17)19)12-18(24)21-15-10-8-14(9-11-15)20-13(2)23/h4-11H,3,12H2,1-2H3,(H,20,23)(H,21,24). The summed E-state index contributed by atoms with van der Waals surface area (Å²) in [5.74, 6) is -0.651. The number of halogens is 1. The van der Waals surface area contributed by atoms with Crippen molar-refractivity contribution in [2.45, 2.75) is 18.7 Å². The van der Waals surface area contributed by atoms with Crippen molar-refractivity contribution in [1.29, 1.82) is 0 Å². The van der Waals surface area contributed by atoms with Gasteiger partial charge in [0, 0.05) is 29.3 Å². The Bertz CT molecular complexity index is 930. The molecule has 0 aliphatic rings. The van der Waals surface area contributed by atoms with Gasteiger partial charge in [-0.25, -0.2) is 8.42 Å². The molecule has 2 amide bonds. The molecule has 0 unspecified atom stereocenters. The number of nitrogens with zero attached hydrogens (tertiary/aromatic N) is 1. The van der Waals surface area contributed by atoms with Gasteiger partial charge in [0.05, 0.1) is 11.4 Å². The van der Waals surface area contributed by atoms with Crippen LogP contribution in [0.4, 0.5) is 11.4 Å². The Kier molecular flexibility index (Phi) is 7.11. The molecule has 2 aromatic rings. The zero-order valence-electron chi connectivity index (χ0n) is 14.9. The largest absolute Gasteiger partial charge is 0.326 e. The number of carbonyl (C=O) groups is 2. The third kappa shape index (κ3) is 5.62. The highest BCUT2D eigenvalue weighted by atomic mass is 79.9. The maximum Gasteiger partial charge on any atom is 0.244 e. The Balaban J connectivity index is 2.08. The van der Waals surface area contributed by atoms with E-state index in [1.54, 1.807) is 49.4 Å². The van der Waals surface area contributed by atoms with Crippen molar-refractivity contribution in [2.75, 3.05) is 23.7 Å². The summed E-state index contributed by atoms with van der Waals surface area (Å²) in [5.41, 5.74) is 1.11. The number of anilines is 2. The number of carbonyl (C=O) groups excluding carboxylic acids is 2. The Morgan fingerprint density at radius 3 is 2.07 bits per heavy atom. The zero-order valence-corrected chi connectivity index (χ0v) is 17.3. The normalized spacial score (nSPS) is 11.3. The van der Waals surface area contributed by atoms with E-state index >= 15 is 0 Å². The fourth-order valence-electron chi connectivity index (χ4n) is 2.36. The number of sulfonamides is 1.